The Labute approximate surface area is 206 Å². The molecule has 188 valence electrons. The van der Waals surface area contributed by atoms with E-state index in [1.54, 1.807) is 18.2 Å². The Balaban J connectivity index is 0.000000307. The number of aliphatic carboxylic acids is 1. The molecule has 0 radical (unpaired) electrons. The van der Waals surface area contributed by atoms with Crippen LogP contribution in [0.2, 0.25) is 0 Å². The number of carbonyl (C=O) groups excluding carboxylic acids is 3. The zero-order valence-corrected chi connectivity index (χ0v) is 18.8. The van der Waals surface area contributed by atoms with E-state index in [0.29, 0.717) is 16.7 Å². The van der Waals surface area contributed by atoms with E-state index >= 15 is 0 Å². The highest BCUT2D eigenvalue weighted by molar-refractivity contribution is 6.30. The van der Waals surface area contributed by atoms with Crippen LogP contribution >= 0.6 is 0 Å². The number of phenolic OH excluding ortho intramolecular Hbond substituents is 2. The maximum absolute atomic E-state index is 12.7. The fraction of sp³-hybridized carbons (Fsp3) is 0.0800. The molecule has 0 unspecified atom stereocenters. The maximum Gasteiger partial charge on any atom is 0.424 e. The fourth-order valence-electron chi connectivity index (χ4n) is 4.01. The van der Waals surface area contributed by atoms with Crippen LogP contribution in [-0.4, -0.2) is 50.3 Å². The van der Waals surface area contributed by atoms with Gasteiger partial charge in [0.2, 0.25) is 0 Å². The minimum atomic E-state index is -1.77. The largest absolute Gasteiger partial charge is 0.508 e. The molecule has 0 aromatic heterocycles. The number of esters is 3. The number of benzene rings is 3. The SMILES string of the molecule is CC(=O)OC(=O)C(=O)O.O=C(O)c1ccc2c(c1)C(=O)OC21c2ccc(O)cc2Oc2cc(O)ccc21. The molecule has 0 aliphatic carbocycles. The number of carboxylic acids is 2. The monoisotopic (exact) mass is 508 g/mol. The van der Waals surface area contributed by atoms with Gasteiger partial charge in [-0.2, -0.15) is 0 Å². The predicted octanol–water partition coefficient (Wildman–Crippen LogP) is 2.52. The second-order valence-corrected chi connectivity index (χ2v) is 7.79. The average Bonchev–Trinajstić information content (AvgIpc) is 3.11. The predicted molar refractivity (Wildman–Crippen MR) is 119 cm³/mol. The summed E-state index contributed by atoms with van der Waals surface area (Å²) in [6, 6.07) is 13.1. The van der Waals surface area contributed by atoms with Crippen LogP contribution in [0.1, 0.15) is 44.3 Å². The van der Waals surface area contributed by atoms with Crippen LogP contribution in [0.4, 0.5) is 0 Å². The van der Waals surface area contributed by atoms with Crippen molar-refractivity contribution in [2.75, 3.05) is 0 Å². The van der Waals surface area contributed by atoms with Gasteiger partial charge >= 0.3 is 29.8 Å². The van der Waals surface area contributed by atoms with Crippen LogP contribution in [0.3, 0.4) is 0 Å². The van der Waals surface area contributed by atoms with E-state index in [1.807, 2.05) is 0 Å². The molecule has 0 amide bonds. The molecule has 0 bridgehead atoms. The first kappa shape index (κ1) is 24.7. The lowest BCUT2D eigenvalue weighted by atomic mass is 9.77. The Morgan fingerprint density at radius 1 is 0.811 bits per heavy atom. The Morgan fingerprint density at radius 2 is 1.35 bits per heavy atom. The van der Waals surface area contributed by atoms with Crippen molar-refractivity contribution < 1.29 is 58.6 Å². The lowest BCUT2D eigenvalue weighted by molar-refractivity contribution is -0.169. The molecule has 0 saturated heterocycles. The molecule has 1 spiro atoms. The average molecular weight is 508 g/mol. The fourth-order valence-corrected chi connectivity index (χ4v) is 4.01. The van der Waals surface area contributed by atoms with Crippen LogP contribution in [0.15, 0.2) is 54.6 Å². The Hall–Kier alpha value is -5.39. The molecule has 4 N–H and O–H groups in total. The van der Waals surface area contributed by atoms with Gasteiger partial charge in [-0.25, -0.2) is 19.2 Å². The van der Waals surface area contributed by atoms with Gasteiger partial charge < -0.3 is 34.6 Å². The van der Waals surface area contributed by atoms with Gasteiger partial charge in [0, 0.05) is 35.7 Å². The van der Waals surface area contributed by atoms with E-state index in [0.717, 1.165) is 6.92 Å². The van der Waals surface area contributed by atoms with Crippen molar-refractivity contribution in [2.24, 2.45) is 0 Å². The minimum absolute atomic E-state index is 0.0309. The number of aromatic carboxylic acids is 1. The number of carboxylic acid groups (broad SMARTS) is 2. The number of fused-ring (bicyclic) bond motifs is 6. The van der Waals surface area contributed by atoms with E-state index < -0.39 is 35.4 Å². The van der Waals surface area contributed by atoms with E-state index in [4.69, 9.17) is 14.6 Å². The van der Waals surface area contributed by atoms with Gasteiger partial charge in [0.15, 0.2) is 5.60 Å². The zero-order valence-electron chi connectivity index (χ0n) is 18.8. The molecule has 0 fully saturated rings. The van der Waals surface area contributed by atoms with Gasteiger partial charge in [0.25, 0.3) is 0 Å². The quantitative estimate of drug-likeness (QED) is 0.213. The number of hydrogen-bond acceptors (Lipinski definition) is 10. The molecule has 12 nitrogen and oxygen atoms in total. The lowest BCUT2D eigenvalue weighted by Crippen LogP contribution is -2.32. The number of carbonyl (C=O) groups is 5. The third kappa shape index (κ3) is 4.27. The van der Waals surface area contributed by atoms with Crippen LogP contribution in [0, 0.1) is 0 Å². The molecule has 2 aliphatic heterocycles. The zero-order chi connectivity index (χ0) is 27.1. The third-order valence-electron chi connectivity index (χ3n) is 5.43. The number of phenols is 2. The van der Waals surface area contributed by atoms with Crippen molar-refractivity contribution in [2.45, 2.75) is 12.5 Å². The molecule has 0 saturated carbocycles. The highest BCUT2D eigenvalue weighted by Gasteiger charge is 2.53. The molecule has 5 rings (SSSR count). The second kappa shape index (κ2) is 9.00. The first-order valence-corrected chi connectivity index (χ1v) is 10.4. The number of rotatable bonds is 1. The van der Waals surface area contributed by atoms with Gasteiger partial charge in [0.1, 0.15) is 23.0 Å². The standard InChI is InChI=1S/C21H12O7.C4H4O5/c22-11-2-5-15-17(8-11)27-18-9-12(23)3-6-16(18)21(15)14-4-1-10(19(24)25)7-13(14)20(26)28-21;1-2(5)9-4(8)3(6)7/h1-9,22-23H,(H,24,25);1H3,(H,6,7). The van der Waals surface area contributed by atoms with Crippen LogP contribution in [-0.2, 0) is 29.5 Å². The maximum atomic E-state index is 12.7. The van der Waals surface area contributed by atoms with Crippen molar-refractivity contribution in [3.8, 4) is 23.0 Å². The second-order valence-electron chi connectivity index (χ2n) is 7.79. The van der Waals surface area contributed by atoms with E-state index in [2.05, 4.69) is 4.74 Å². The summed E-state index contributed by atoms with van der Waals surface area (Å²) in [4.78, 5) is 53.4. The number of ether oxygens (including phenoxy) is 3. The summed E-state index contributed by atoms with van der Waals surface area (Å²) >= 11 is 0. The molecule has 3 aromatic carbocycles. The molecule has 2 heterocycles. The highest BCUT2D eigenvalue weighted by atomic mass is 16.6. The molecule has 3 aromatic rings. The first-order chi connectivity index (χ1) is 17.4. The smallest absolute Gasteiger partial charge is 0.424 e. The summed E-state index contributed by atoms with van der Waals surface area (Å²) in [6.45, 7) is 0.945. The lowest BCUT2D eigenvalue weighted by Gasteiger charge is -2.36. The van der Waals surface area contributed by atoms with Crippen molar-refractivity contribution in [3.05, 3.63) is 82.4 Å². The van der Waals surface area contributed by atoms with Crippen LogP contribution in [0.5, 0.6) is 23.0 Å². The number of aromatic hydroxyl groups is 2. The molecular weight excluding hydrogens is 492 g/mol. The summed E-state index contributed by atoms with van der Waals surface area (Å²) in [5, 5.41) is 36.8. The third-order valence-corrected chi connectivity index (χ3v) is 5.43. The molecule has 2 aliphatic rings. The summed E-state index contributed by atoms with van der Waals surface area (Å²) in [7, 11) is 0. The van der Waals surface area contributed by atoms with E-state index in [9.17, 15) is 39.3 Å². The normalized spacial score (nSPS) is 13.5. The molecule has 37 heavy (non-hydrogen) atoms. The van der Waals surface area contributed by atoms with Crippen molar-refractivity contribution in [1.82, 2.24) is 0 Å². The molecule has 12 heteroatoms. The summed E-state index contributed by atoms with van der Waals surface area (Å²) < 4.78 is 15.3. The highest BCUT2D eigenvalue weighted by Crippen LogP contribution is 2.57. The Morgan fingerprint density at radius 3 is 1.81 bits per heavy atom. The van der Waals surface area contributed by atoms with Gasteiger partial charge in [-0.15, -0.1) is 0 Å². The summed E-state index contributed by atoms with van der Waals surface area (Å²) in [5.74, 6) is -5.62. The van der Waals surface area contributed by atoms with Gasteiger partial charge in [0.05, 0.1) is 11.1 Å². The van der Waals surface area contributed by atoms with Crippen LogP contribution in [0.25, 0.3) is 0 Å². The van der Waals surface area contributed by atoms with Gasteiger partial charge in [-0.05, 0) is 36.4 Å². The Bertz CT molecular complexity index is 1450. The van der Waals surface area contributed by atoms with Crippen LogP contribution < -0.4 is 4.74 Å². The molecule has 0 atom stereocenters. The first-order valence-electron chi connectivity index (χ1n) is 10.4. The topological polar surface area (TPSA) is 194 Å². The van der Waals surface area contributed by atoms with E-state index in [-0.39, 0.29) is 34.1 Å². The summed E-state index contributed by atoms with van der Waals surface area (Å²) in [5.41, 5.74) is 0.159. The van der Waals surface area contributed by atoms with E-state index in [1.165, 1.54) is 36.4 Å². The minimum Gasteiger partial charge on any atom is -0.508 e. The number of hydrogen-bond donors (Lipinski definition) is 4. The van der Waals surface area contributed by atoms with Crippen molar-refractivity contribution in [3.63, 3.8) is 0 Å². The van der Waals surface area contributed by atoms with Crippen molar-refractivity contribution >= 4 is 29.8 Å². The van der Waals surface area contributed by atoms with Crippen molar-refractivity contribution in [1.29, 1.82) is 0 Å². The van der Waals surface area contributed by atoms with Gasteiger partial charge in [-0.3, -0.25) is 4.79 Å². The molecular formula is C25H16O12. The summed E-state index contributed by atoms with van der Waals surface area (Å²) in [6.07, 6.45) is 0. The Kier molecular flexibility index (Phi) is 6.01. The van der Waals surface area contributed by atoms with Gasteiger partial charge in [-0.1, -0.05) is 6.07 Å².